The minimum absolute atomic E-state index is 0.178. The van der Waals surface area contributed by atoms with Crippen LogP contribution in [0.1, 0.15) is 22.7 Å². The quantitative estimate of drug-likeness (QED) is 0.293. The maximum atomic E-state index is 12.6. The van der Waals surface area contributed by atoms with Gasteiger partial charge in [-0.25, -0.2) is 4.68 Å². The highest BCUT2D eigenvalue weighted by atomic mass is 35.5. The van der Waals surface area contributed by atoms with E-state index in [1.807, 2.05) is 78.9 Å². The van der Waals surface area contributed by atoms with E-state index in [2.05, 4.69) is 20.7 Å². The number of methoxy groups -OCH3 is 1. The van der Waals surface area contributed by atoms with Crippen LogP contribution in [0.25, 0.3) is 11.8 Å². The number of fused-ring (bicyclic) bond motifs is 1. The fourth-order valence-corrected chi connectivity index (χ4v) is 4.11. The molecule has 9 heteroatoms. The predicted octanol–water partition coefficient (Wildman–Crippen LogP) is 6.30. The van der Waals surface area contributed by atoms with Crippen LogP contribution in [-0.2, 0) is 4.79 Å². The lowest BCUT2D eigenvalue weighted by Gasteiger charge is -2.24. The van der Waals surface area contributed by atoms with Crippen LogP contribution in [0.3, 0.4) is 0 Å². The Labute approximate surface area is 218 Å². The van der Waals surface area contributed by atoms with Crippen LogP contribution in [0, 0.1) is 0 Å². The van der Waals surface area contributed by atoms with Crippen molar-refractivity contribution in [3.8, 4) is 5.75 Å². The lowest BCUT2D eigenvalue weighted by Crippen LogP contribution is -2.20. The molecule has 36 heavy (non-hydrogen) atoms. The van der Waals surface area contributed by atoms with Crippen molar-refractivity contribution in [1.82, 2.24) is 14.8 Å². The first-order valence-corrected chi connectivity index (χ1v) is 11.8. The second-order valence-electron chi connectivity index (χ2n) is 7.98. The fraction of sp³-hybridized carbons (Fsp3) is 0.0741. The zero-order chi connectivity index (χ0) is 25.1. The Hall–Kier alpha value is -4.07. The number of hydrogen-bond donors (Lipinski definition) is 2. The molecule has 1 aliphatic rings. The molecule has 3 aromatic carbocycles. The van der Waals surface area contributed by atoms with Gasteiger partial charge in [0.15, 0.2) is 0 Å². The molecule has 2 heterocycles. The highest BCUT2D eigenvalue weighted by molar-refractivity contribution is 6.30. The fourth-order valence-electron chi connectivity index (χ4n) is 3.86. The number of amides is 1. The number of aromatic nitrogens is 3. The number of halogens is 2. The number of allylic oxidation sites excluding steroid dienone is 1. The summed E-state index contributed by atoms with van der Waals surface area (Å²) in [4.78, 5) is 17.1. The van der Waals surface area contributed by atoms with Gasteiger partial charge in [0.05, 0.1) is 7.11 Å². The average molecular weight is 518 g/mol. The third kappa shape index (κ3) is 5.12. The molecule has 0 aliphatic carbocycles. The van der Waals surface area contributed by atoms with Crippen LogP contribution >= 0.6 is 23.2 Å². The Kier molecular flexibility index (Phi) is 6.75. The highest BCUT2D eigenvalue weighted by Gasteiger charge is 2.25. The van der Waals surface area contributed by atoms with E-state index in [4.69, 9.17) is 27.9 Å². The molecule has 0 radical (unpaired) electrons. The third-order valence-electron chi connectivity index (χ3n) is 5.62. The van der Waals surface area contributed by atoms with E-state index in [0.717, 1.165) is 22.4 Å². The molecule has 1 aliphatic heterocycles. The molecule has 0 spiro atoms. The Morgan fingerprint density at radius 2 is 1.72 bits per heavy atom. The molecule has 1 aromatic heterocycles. The van der Waals surface area contributed by atoms with Gasteiger partial charge in [0.2, 0.25) is 5.95 Å². The standard InChI is InChI=1S/C27H21Cl2N5O2/c1-36-24-5-3-2-4-19(24)10-15-25(35)31-26-32-27-30-22(17-6-11-20(28)12-7-17)16-23(34(27)33-26)18-8-13-21(29)14-9-18/h2-16,23H,1H3,(H2,30,31,32,33,35)/b15-10+/t23-/m0/s1. The van der Waals surface area contributed by atoms with Crippen LogP contribution in [0.4, 0.5) is 11.9 Å². The van der Waals surface area contributed by atoms with E-state index in [0.29, 0.717) is 21.7 Å². The molecule has 180 valence electrons. The maximum absolute atomic E-state index is 12.6. The number of anilines is 2. The van der Waals surface area contributed by atoms with Crippen molar-refractivity contribution in [3.63, 3.8) is 0 Å². The van der Waals surface area contributed by atoms with Crippen LogP contribution in [0.5, 0.6) is 5.75 Å². The van der Waals surface area contributed by atoms with Crippen molar-refractivity contribution >= 4 is 52.8 Å². The van der Waals surface area contributed by atoms with Crippen LogP contribution in [0.2, 0.25) is 10.0 Å². The van der Waals surface area contributed by atoms with E-state index in [1.165, 1.54) is 6.08 Å². The van der Waals surface area contributed by atoms with E-state index in [-0.39, 0.29) is 17.9 Å². The molecule has 1 atom stereocenters. The largest absolute Gasteiger partial charge is 0.496 e. The zero-order valence-corrected chi connectivity index (χ0v) is 20.7. The average Bonchev–Trinajstić information content (AvgIpc) is 3.30. The Balaban J connectivity index is 1.43. The number of para-hydroxylation sites is 1. The molecular formula is C27H21Cl2N5O2. The summed E-state index contributed by atoms with van der Waals surface area (Å²) < 4.78 is 7.05. The van der Waals surface area contributed by atoms with Gasteiger partial charge in [0.1, 0.15) is 11.8 Å². The molecule has 0 saturated carbocycles. The summed E-state index contributed by atoms with van der Waals surface area (Å²) in [6.07, 6.45) is 5.14. The molecule has 0 saturated heterocycles. The van der Waals surface area contributed by atoms with Crippen LogP contribution < -0.4 is 15.4 Å². The molecule has 7 nitrogen and oxygen atoms in total. The van der Waals surface area contributed by atoms with Gasteiger partial charge in [-0.15, -0.1) is 5.10 Å². The van der Waals surface area contributed by atoms with Gasteiger partial charge < -0.3 is 10.1 Å². The van der Waals surface area contributed by atoms with E-state index >= 15 is 0 Å². The number of carbonyl (C=O) groups is 1. The summed E-state index contributed by atoms with van der Waals surface area (Å²) in [5.41, 5.74) is 3.54. The van der Waals surface area contributed by atoms with Gasteiger partial charge in [0, 0.05) is 27.4 Å². The van der Waals surface area contributed by atoms with E-state index < -0.39 is 0 Å². The smallest absolute Gasteiger partial charge is 0.250 e. The minimum Gasteiger partial charge on any atom is -0.496 e. The SMILES string of the molecule is COc1ccccc1/C=C/C(=O)Nc1nc2n(n1)[C@H](c1ccc(Cl)cc1)C=C(c1ccc(Cl)cc1)N2. The first kappa shape index (κ1) is 23.7. The zero-order valence-electron chi connectivity index (χ0n) is 19.2. The Morgan fingerprint density at radius 3 is 2.44 bits per heavy atom. The highest BCUT2D eigenvalue weighted by Crippen LogP contribution is 2.34. The van der Waals surface area contributed by atoms with E-state index in [1.54, 1.807) is 17.9 Å². The number of rotatable bonds is 6. The third-order valence-corrected chi connectivity index (χ3v) is 6.12. The van der Waals surface area contributed by atoms with Crippen LogP contribution in [-0.4, -0.2) is 27.8 Å². The molecule has 0 bridgehead atoms. The summed E-state index contributed by atoms with van der Waals surface area (Å²) in [6, 6.07) is 22.2. The molecule has 5 rings (SSSR count). The second-order valence-corrected chi connectivity index (χ2v) is 8.85. The summed E-state index contributed by atoms with van der Waals surface area (Å²) in [7, 11) is 1.59. The molecule has 0 unspecified atom stereocenters. The summed E-state index contributed by atoms with van der Waals surface area (Å²) in [5, 5.41) is 11.9. The summed E-state index contributed by atoms with van der Waals surface area (Å²) >= 11 is 12.2. The van der Waals surface area contributed by atoms with Crippen molar-refractivity contribution in [3.05, 3.63) is 112 Å². The van der Waals surface area contributed by atoms with Gasteiger partial charge >= 0.3 is 0 Å². The number of nitrogens with one attached hydrogen (secondary N) is 2. The Morgan fingerprint density at radius 1 is 1.03 bits per heavy atom. The predicted molar refractivity (Wildman–Crippen MR) is 143 cm³/mol. The molecule has 0 fully saturated rings. The van der Waals surface area contributed by atoms with Gasteiger partial charge in [-0.1, -0.05) is 65.7 Å². The summed E-state index contributed by atoms with van der Waals surface area (Å²) in [6.45, 7) is 0. The first-order valence-electron chi connectivity index (χ1n) is 11.1. The van der Waals surface area contributed by atoms with Crippen molar-refractivity contribution in [2.45, 2.75) is 6.04 Å². The number of benzene rings is 3. The van der Waals surface area contributed by atoms with Gasteiger partial charge in [-0.3, -0.25) is 10.1 Å². The van der Waals surface area contributed by atoms with Crippen molar-refractivity contribution in [2.24, 2.45) is 0 Å². The number of ether oxygens (including phenoxy) is 1. The molecule has 4 aromatic rings. The number of hydrogen-bond acceptors (Lipinski definition) is 5. The maximum Gasteiger partial charge on any atom is 0.250 e. The number of nitrogens with zero attached hydrogens (tertiary/aromatic N) is 3. The summed E-state index contributed by atoms with van der Waals surface area (Å²) in [5.74, 6) is 0.981. The Bertz CT molecular complexity index is 1460. The number of carbonyl (C=O) groups excluding carboxylic acids is 1. The van der Waals surface area contributed by atoms with Gasteiger partial charge in [-0.2, -0.15) is 4.98 Å². The second kappa shape index (κ2) is 10.3. The minimum atomic E-state index is -0.363. The van der Waals surface area contributed by atoms with Gasteiger partial charge in [-0.05, 0) is 53.6 Å². The topological polar surface area (TPSA) is 81.1 Å². The van der Waals surface area contributed by atoms with Crippen molar-refractivity contribution in [2.75, 3.05) is 17.7 Å². The molecule has 2 N–H and O–H groups in total. The first-order chi connectivity index (χ1) is 17.5. The molecular weight excluding hydrogens is 497 g/mol. The van der Waals surface area contributed by atoms with E-state index in [9.17, 15) is 4.79 Å². The molecule has 1 amide bonds. The van der Waals surface area contributed by atoms with Crippen LogP contribution in [0.15, 0.2) is 84.9 Å². The normalized spacial score (nSPS) is 14.6. The monoisotopic (exact) mass is 517 g/mol. The lowest BCUT2D eigenvalue weighted by molar-refractivity contribution is -0.111. The van der Waals surface area contributed by atoms with Crippen molar-refractivity contribution < 1.29 is 9.53 Å². The lowest BCUT2D eigenvalue weighted by atomic mass is 10.0. The van der Waals surface area contributed by atoms with Crippen molar-refractivity contribution in [1.29, 1.82) is 0 Å². The van der Waals surface area contributed by atoms with Gasteiger partial charge in [0.25, 0.3) is 11.9 Å².